The summed E-state index contributed by atoms with van der Waals surface area (Å²) in [5.74, 6) is 1.23. The van der Waals surface area contributed by atoms with Crippen LogP contribution in [0.1, 0.15) is 55.6 Å². The summed E-state index contributed by atoms with van der Waals surface area (Å²) >= 11 is 0. The molecule has 1 aromatic carbocycles. The molecule has 0 aliphatic heterocycles. The highest BCUT2D eigenvalue weighted by Crippen LogP contribution is 2.42. The second-order valence-electron chi connectivity index (χ2n) is 5.32. The SMILES string of the molecule is C=C/C=C(\C=C)C(CC)c1ccccc1C1CCC1. The van der Waals surface area contributed by atoms with Gasteiger partial charge in [0, 0.05) is 5.92 Å². The van der Waals surface area contributed by atoms with Crippen molar-refractivity contribution in [2.75, 3.05) is 0 Å². The van der Waals surface area contributed by atoms with Crippen molar-refractivity contribution in [2.45, 2.75) is 44.4 Å². The lowest BCUT2D eigenvalue weighted by atomic mass is 9.74. The first-order chi connectivity index (χ1) is 9.31. The smallest absolute Gasteiger partial charge is 0.00893 e. The first-order valence-corrected chi connectivity index (χ1v) is 7.35. The van der Waals surface area contributed by atoms with Crippen LogP contribution in [0.25, 0.3) is 0 Å². The average molecular weight is 252 g/mol. The fourth-order valence-electron chi connectivity index (χ4n) is 3.02. The van der Waals surface area contributed by atoms with Crippen molar-refractivity contribution < 1.29 is 0 Å². The third-order valence-electron chi connectivity index (χ3n) is 4.27. The van der Waals surface area contributed by atoms with E-state index in [1.807, 2.05) is 12.2 Å². The lowest BCUT2D eigenvalue weighted by Gasteiger charge is -2.30. The van der Waals surface area contributed by atoms with E-state index in [1.54, 1.807) is 5.56 Å². The van der Waals surface area contributed by atoms with Crippen molar-refractivity contribution in [1.29, 1.82) is 0 Å². The van der Waals surface area contributed by atoms with E-state index < -0.39 is 0 Å². The van der Waals surface area contributed by atoms with Gasteiger partial charge < -0.3 is 0 Å². The zero-order valence-electron chi connectivity index (χ0n) is 11.9. The summed E-state index contributed by atoms with van der Waals surface area (Å²) in [6.07, 6.45) is 11.1. The maximum absolute atomic E-state index is 3.97. The Morgan fingerprint density at radius 2 is 2.05 bits per heavy atom. The summed E-state index contributed by atoms with van der Waals surface area (Å²) in [7, 11) is 0. The number of rotatable bonds is 6. The zero-order valence-corrected chi connectivity index (χ0v) is 11.9. The van der Waals surface area contributed by atoms with Crippen LogP contribution in [0.2, 0.25) is 0 Å². The van der Waals surface area contributed by atoms with Crippen molar-refractivity contribution in [2.24, 2.45) is 0 Å². The summed E-state index contributed by atoms with van der Waals surface area (Å²) in [6.45, 7) is 10.0. The van der Waals surface area contributed by atoms with Crippen molar-refractivity contribution in [3.8, 4) is 0 Å². The molecular weight excluding hydrogens is 228 g/mol. The Kier molecular flexibility index (Phi) is 4.79. The largest absolute Gasteiger partial charge is 0.0991 e. The minimum Gasteiger partial charge on any atom is -0.0991 e. The van der Waals surface area contributed by atoms with Crippen LogP contribution < -0.4 is 0 Å². The van der Waals surface area contributed by atoms with Crippen LogP contribution in [0.5, 0.6) is 0 Å². The van der Waals surface area contributed by atoms with E-state index in [1.165, 1.54) is 30.4 Å². The van der Waals surface area contributed by atoms with E-state index in [2.05, 4.69) is 50.4 Å². The number of allylic oxidation sites excluding steroid dienone is 4. The van der Waals surface area contributed by atoms with Gasteiger partial charge in [-0.15, -0.1) is 0 Å². The predicted molar refractivity (Wildman–Crippen MR) is 84.5 cm³/mol. The van der Waals surface area contributed by atoms with E-state index in [4.69, 9.17) is 0 Å². The molecule has 1 atom stereocenters. The van der Waals surface area contributed by atoms with Crippen LogP contribution in [0.15, 0.2) is 61.2 Å². The zero-order chi connectivity index (χ0) is 13.7. The topological polar surface area (TPSA) is 0 Å². The molecule has 0 aromatic heterocycles. The van der Waals surface area contributed by atoms with Gasteiger partial charge in [0.05, 0.1) is 0 Å². The van der Waals surface area contributed by atoms with E-state index in [9.17, 15) is 0 Å². The number of benzene rings is 1. The maximum atomic E-state index is 3.97. The van der Waals surface area contributed by atoms with Crippen LogP contribution in [0.4, 0.5) is 0 Å². The fraction of sp³-hybridized carbons (Fsp3) is 0.368. The summed E-state index contributed by atoms with van der Waals surface area (Å²) in [5.41, 5.74) is 4.32. The standard InChI is InChI=1S/C19H24/c1-4-10-15(5-2)17(6-3)19-14-8-7-13-18(19)16-11-9-12-16/h4-5,7-8,10,13-14,16-17H,1-2,6,9,11-12H2,3H3/b15-10+. The first kappa shape index (κ1) is 13.9. The molecule has 0 bridgehead atoms. The van der Waals surface area contributed by atoms with Gasteiger partial charge in [0.25, 0.3) is 0 Å². The Labute approximate surface area is 117 Å². The van der Waals surface area contributed by atoms with Crippen molar-refractivity contribution >= 4 is 0 Å². The molecule has 1 aliphatic rings. The number of hydrogen-bond donors (Lipinski definition) is 0. The molecule has 1 aromatic rings. The Bertz CT molecular complexity index is 475. The summed E-state index contributed by atoms with van der Waals surface area (Å²) in [4.78, 5) is 0. The van der Waals surface area contributed by atoms with Gasteiger partial charge >= 0.3 is 0 Å². The quantitative estimate of drug-likeness (QED) is 0.566. The van der Waals surface area contributed by atoms with Gasteiger partial charge in [-0.2, -0.15) is 0 Å². The monoisotopic (exact) mass is 252 g/mol. The first-order valence-electron chi connectivity index (χ1n) is 7.35. The minimum absolute atomic E-state index is 0.451. The Balaban J connectivity index is 2.39. The highest BCUT2D eigenvalue weighted by Gasteiger charge is 2.25. The molecule has 0 heterocycles. The van der Waals surface area contributed by atoms with E-state index in [0.29, 0.717) is 5.92 Å². The van der Waals surface area contributed by atoms with Gasteiger partial charge in [-0.3, -0.25) is 0 Å². The second kappa shape index (κ2) is 6.56. The van der Waals surface area contributed by atoms with Gasteiger partial charge in [-0.25, -0.2) is 0 Å². The second-order valence-corrected chi connectivity index (χ2v) is 5.32. The summed E-state index contributed by atoms with van der Waals surface area (Å²) in [6, 6.07) is 8.95. The minimum atomic E-state index is 0.451. The summed E-state index contributed by atoms with van der Waals surface area (Å²) in [5, 5.41) is 0. The molecule has 0 amide bonds. The maximum Gasteiger partial charge on any atom is 0.00893 e. The normalized spacial score (nSPS) is 17.6. The van der Waals surface area contributed by atoms with Crippen LogP contribution in [-0.4, -0.2) is 0 Å². The van der Waals surface area contributed by atoms with Crippen LogP contribution >= 0.6 is 0 Å². The van der Waals surface area contributed by atoms with Gasteiger partial charge in [0.1, 0.15) is 0 Å². The van der Waals surface area contributed by atoms with Gasteiger partial charge in [-0.05, 0) is 41.9 Å². The van der Waals surface area contributed by atoms with Crippen LogP contribution in [0.3, 0.4) is 0 Å². The Hall–Kier alpha value is -1.56. The summed E-state index contributed by atoms with van der Waals surface area (Å²) < 4.78 is 0. The van der Waals surface area contributed by atoms with Crippen molar-refractivity contribution in [1.82, 2.24) is 0 Å². The Morgan fingerprint density at radius 1 is 1.32 bits per heavy atom. The van der Waals surface area contributed by atoms with Crippen molar-refractivity contribution in [3.05, 3.63) is 72.4 Å². The third kappa shape index (κ3) is 2.89. The highest BCUT2D eigenvalue weighted by molar-refractivity contribution is 5.42. The fourth-order valence-corrected chi connectivity index (χ4v) is 3.02. The van der Waals surface area contributed by atoms with Gasteiger partial charge in [-0.1, -0.05) is 69.0 Å². The number of hydrogen-bond acceptors (Lipinski definition) is 0. The molecule has 19 heavy (non-hydrogen) atoms. The molecule has 1 fully saturated rings. The molecule has 1 aliphatic carbocycles. The molecule has 0 radical (unpaired) electrons. The molecule has 0 heteroatoms. The van der Waals surface area contributed by atoms with Crippen molar-refractivity contribution in [3.63, 3.8) is 0 Å². The van der Waals surface area contributed by atoms with Gasteiger partial charge in [0.15, 0.2) is 0 Å². The van der Waals surface area contributed by atoms with Gasteiger partial charge in [0.2, 0.25) is 0 Å². The molecule has 2 rings (SSSR count). The van der Waals surface area contributed by atoms with E-state index >= 15 is 0 Å². The molecule has 1 saturated carbocycles. The third-order valence-corrected chi connectivity index (χ3v) is 4.27. The van der Waals surface area contributed by atoms with Crippen LogP contribution in [0, 0.1) is 0 Å². The molecule has 1 unspecified atom stereocenters. The molecule has 0 N–H and O–H groups in total. The average Bonchev–Trinajstić information content (AvgIpc) is 2.38. The Morgan fingerprint density at radius 3 is 2.58 bits per heavy atom. The molecule has 100 valence electrons. The predicted octanol–water partition coefficient (Wildman–Crippen LogP) is 5.75. The molecule has 0 spiro atoms. The lowest BCUT2D eigenvalue weighted by Crippen LogP contribution is -2.13. The van der Waals surface area contributed by atoms with Crippen LogP contribution in [-0.2, 0) is 0 Å². The van der Waals surface area contributed by atoms with E-state index in [-0.39, 0.29) is 0 Å². The molecule has 0 nitrogen and oxygen atoms in total. The molecule has 0 saturated heterocycles. The van der Waals surface area contributed by atoms with E-state index in [0.717, 1.165) is 12.3 Å². The lowest BCUT2D eigenvalue weighted by molar-refractivity contribution is 0.416. The highest BCUT2D eigenvalue weighted by atomic mass is 14.3. The molecular formula is C19H24.